The second-order valence-corrected chi connectivity index (χ2v) is 4.99. The third-order valence-electron chi connectivity index (χ3n) is 2.66. The van der Waals surface area contributed by atoms with Crippen LogP contribution in [0.4, 0.5) is 15.0 Å². The standard InChI is InChI=1S/C9H11FN3O7P/c10-4-5(14)6(13-2-1-3(11)12-8(13)15)19-7(4)20-9(16)21(17)18/h1-2,4-7,14,17-18H,(H2,11,12,15)/t4-,5+,6+,7+/m0/s1. The summed E-state index contributed by atoms with van der Waals surface area (Å²) in [7, 11) is -3.08. The molecule has 1 fully saturated rings. The van der Waals surface area contributed by atoms with Gasteiger partial charge in [-0.05, 0) is 6.07 Å². The Hall–Kier alpha value is -1.65. The van der Waals surface area contributed by atoms with Crippen molar-refractivity contribution in [3.8, 4) is 0 Å². The van der Waals surface area contributed by atoms with E-state index in [4.69, 9.17) is 20.3 Å². The lowest BCUT2D eigenvalue weighted by Gasteiger charge is -2.16. The Balaban J connectivity index is 2.20. The Morgan fingerprint density at radius 2 is 2.24 bits per heavy atom. The largest absolute Gasteiger partial charge is 0.426 e. The summed E-state index contributed by atoms with van der Waals surface area (Å²) < 4.78 is 23.8. The molecule has 1 aliphatic heterocycles. The molecule has 1 aliphatic rings. The van der Waals surface area contributed by atoms with Crippen LogP contribution in [0.15, 0.2) is 17.1 Å². The number of rotatable bonds is 3. The molecule has 5 N–H and O–H groups in total. The molecule has 1 aromatic heterocycles. The number of hydrogen-bond donors (Lipinski definition) is 4. The van der Waals surface area contributed by atoms with Gasteiger partial charge in [0.15, 0.2) is 12.4 Å². The lowest BCUT2D eigenvalue weighted by molar-refractivity contribution is -0.131. The molecule has 0 saturated carbocycles. The van der Waals surface area contributed by atoms with Gasteiger partial charge in [-0.3, -0.25) is 4.57 Å². The molecule has 0 bridgehead atoms. The van der Waals surface area contributed by atoms with E-state index in [0.29, 0.717) is 0 Å². The Bertz CT molecular complexity index is 597. The first-order valence-corrected chi connectivity index (χ1v) is 6.76. The maximum Gasteiger partial charge on any atom is 0.386 e. The highest BCUT2D eigenvalue weighted by atomic mass is 31.2. The molecule has 1 saturated heterocycles. The number of aromatic nitrogens is 2. The highest BCUT2D eigenvalue weighted by Crippen LogP contribution is 2.35. The minimum absolute atomic E-state index is 0.0743. The van der Waals surface area contributed by atoms with Gasteiger partial charge in [0.05, 0.1) is 0 Å². The topological polar surface area (TPSA) is 157 Å². The van der Waals surface area contributed by atoms with E-state index in [2.05, 4.69) is 9.72 Å². The number of alkyl halides is 1. The molecule has 0 aliphatic carbocycles. The molecule has 10 nitrogen and oxygen atoms in total. The molecule has 0 amide bonds. The van der Waals surface area contributed by atoms with Crippen LogP contribution in [-0.2, 0) is 9.47 Å². The molecule has 0 aromatic carbocycles. The summed E-state index contributed by atoms with van der Waals surface area (Å²) in [6.45, 7) is 0. The van der Waals surface area contributed by atoms with E-state index in [-0.39, 0.29) is 5.82 Å². The summed E-state index contributed by atoms with van der Waals surface area (Å²) >= 11 is 0. The van der Waals surface area contributed by atoms with Gasteiger partial charge in [0, 0.05) is 6.20 Å². The van der Waals surface area contributed by atoms with E-state index in [9.17, 15) is 19.1 Å². The highest BCUT2D eigenvalue weighted by Gasteiger charge is 2.48. The van der Waals surface area contributed by atoms with Gasteiger partial charge in [-0.15, -0.1) is 0 Å². The van der Waals surface area contributed by atoms with Gasteiger partial charge in [0.2, 0.25) is 6.29 Å². The van der Waals surface area contributed by atoms with Crippen LogP contribution in [0.1, 0.15) is 6.23 Å². The lowest BCUT2D eigenvalue weighted by Crippen LogP contribution is -2.34. The predicted octanol–water partition coefficient (Wildman–Crippen LogP) is -1.19. The van der Waals surface area contributed by atoms with E-state index >= 15 is 0 Å². The number of ether oxygens (including phenoxy) is 2. The van der Waals surface area contributed by atoms with Crippen molar-refractivity contribution in [2.24, 2.45) is 0 Å². The zero-order chi connectivity index (χ0) is 15.7. The van der Waals surface area contributed by atoms with Crippen LogP contribution in [0, 0.1) is 0 Å². The molecular formula is C9H11FN3O7P. The van der Waals surface area contributed by atoms with Gasteiger partial charge in [-0.2, -0.15) is 4.98 Å². The fourth-order valence-corrected chi connectivity index (χ4v) is 1.90. The maximum atomic E-state index is 13.8. The third-order valence-corrected chi connectivity index (χ3v) is 3.09. The smallest absolute Gasteiger partial charge is 0.386 e. The molecule has 0 radical (unpaired) electrons. The van der Waals surface area contributed by atoms with Gasteiger partial charge < -0.3 is 30.1 Å². The van der Waals surface area contributed by atoms with Gasteiger partial charge in [-0.25, -0.2) is 14.0 Å². The van der Waals surface area contributed by atoms with Crippen molar-refractivity contribution < 1.29 is 33.6 Å². The number of anilines is 1. The maximum absolute atomic E-state index is 13.8. The predicted molar refractivity (Wildman–Crippen MR) is 65.6 cm³/mol. The number of hydrogen-bond acceptors (Lipinski definition) is 9. The average Bonchev–Trinajstić information content (AvgIpc) is 2.67. The van der Waals surface area contributed by atoms with Crippen molar-refractivity contribution in [1.82, 2.24) is 9.55 Å². The second kappa shape index (κ2) is 6.00. The summed E-state index contributed by atoms with van der Waals surface area (Å²) in [6, 6.07) is 1.23. The molecule has 2 heterocycles. The zero-order valence-electron chi connectivity index (χ0n) is 10.2. The molecule has 0 unspecified atom stereocenters. The van der Waals surface area contributed by atoms with Gasteiger partial charge in [-0.1, -0.05) is 0 Å². The Kier molecular flexibility index (Phi) is 4.49. The molecule has 2 rings (SSSR count). The van der Waals surface area contributed by atoms with Gasteiger partial charge in [0.25, 0.3) is 8.38 Å². The summed E-state index contributed by atoms with van der Waals surface area (Å²) in [6.07, 6.45) is -6.26. The van der Waals surface area contributed by atoms with Crippen molar-refractivity contribution in [1.29, 1.82) is 0 Å². The van der Waals surface area contributed by atoms with Crippen LogP contribution in [0.2, 0.25) is 0 Å². The van der Waals surface area contributed by atoms with Crippen LogP contribution in [0.3, 0.4) is 0 Å². The van der Waals surface area contributed by atoms with Crippen molar-refractivity contribution in [2.75, 3.05) is 5.73 Å². The fraction of sp³-hybridized carbons (Fsp3) is 0.444. The van der Waals surface area contributed by atoms with Crippen LogP contribution < -0.4 is 11.4 Å². The van der Waals surface area contributed by atoms with E-state index in [1.807, 2.05) is 0 Å². The number of nitrogens with zero attached hydrogens (tertiary/aromatic N) is 2. The molecule has 4 atom stereocenters. The number of aliphatic hydroxyl groups excluding tert-OH is 1. The quantitative estimate of drug-likeness (QED) is 0.502. The first-order valence-electron chi connectivity index (χ1n) is 5.52. The minimum atomic E-state index is -3.08. The summed E-state index contributed by atoms with van der Waals surface area (Å²) in [4.78, 5) is 43.2. The first kappa shape index (κ1) is 15.7. The lowest BCUT2D eigenvalue weighted by atomic mass is 10.2. The number of carbonyl (C=O) groups excluding carboxylic acids is 1. The van der Waals surface area contributed by atoms with Crippen LogP contribution in [-0.4, -0.2) is 48.7 Å². The second-order valence-electron chi connectivity index (χ2n) is 4.05. The highest BCUT2D eigenvalue weighted by molar-refractivity contribution is 7.63. The van der Waals surface area contributed by atoms with E-state index in [1.54, 1.807) is 0 Å². The average molecular weight is 323 g/mol. The summed E-state index contributed by atoms with van der Waals surface area (Å²) in [5.74, 6) is -0.0743. The fourth-order valence-electron chi connectivity index (χ4n) is 1.70. The molecule has 1 aromatic rings. The summed E-state index contributed by atoms with van der Waals surface area (Å²) in [5, 5.41) is 9.70. The number of carbonyl (C=O) groups is 1. The normalized spacial score (nSPS) is 28.8. The molecule has 0 spiro atoms. The molecule has 116 valence electrons. The van der Waals surface area contributed by atoms with Crippen molar-refractivity contribution in [3.63, 3.8) is 0 Å². The van der Waals surface area contributed by atoms with Gasteiger partial charge >= 0.3 is 11.4 Å². The number of aliphatic hydroxyl groups is 1. The number of halogens is 1. The number of nitrogen functional groups attached to an aromatic ring is 1. The van der Waals surface area contributed by atoms with E-state index in [1.165, 1.54) is 6.07 Å². The third kappa shape index (κ3) is 3.17. The Morgan fingerprint density at radius 1 is 1.57 bits per heavy atom. The van der Waals surface area contributed by atoms with Gasteiger partial charge in [0.1, 0.15) is 11.9 Å². The van der Waals surface area contributed by atoms with E-state index < -0.39 is 44.6 Å². The SMILES string of the molecule is Nc1ccn([C@@H]2O[C@H](OC(=O)P(O)O)[C@@H](F)[C@H]2O)c(=O)n1. The number of nitrogens with two attached hydrogens (primary N) is 1. The molecule has 12 heteroatoms. The van der Waals surface area contributed by atoms with E-state index in [0.717, 1.165) is 10.8 Å². The van der Waals surface area contributed by atoms with Crippen LogP contribution >= 0.6 is 8.38 Å². The van der Waals surface area contributed by atoms with Crippen molar-refractivity contribution in [2.45, 2.75) is 24.8 Å². The molecule has 21 heavy (non-hydrogen) atoms. The Labute approximate surface area is 117 Å². The first-order chi connectivity index (χ1) is 9.81. The zero-order valence-corrected chi connectivity index (χ0v) is 11.1. The molecular weight excluding hydrogens is 312 g/mol. The van der Waals surface area contributed by atoms with Crippen molar-refractivity contribution in [3.05, 3.63) is 22.7 Å². The van der Waals surface area contributed by atoms with Crippen LogP contribution in [0.5, 0.6) is 0 Å². The van der Waals surface area contributed by atoms with Crippen LogP contribution in [0.25, 0.3) is 0 Å². The minimum Gasteiger partial charge on any atom is -0.426 e. The van der Waals surface area contributed by atoms with Crippen molar-refractivity contribution >= 4 is 19.9 Å². The summed E-state index contributed by atoms with van der Waals surface area (Å²) in [5.41, 5.74) is 2.90. The Morgan fingerprint density at radius 3 is 2.81 bits per heavy atom. The monoisotopic (exact) mass is 323 g/mol.